The Labute approximate surface area is 172 Å². The number of hydrogen-bond acceptors (Lipinski definition) is 4. The Bertz CT molecular complexity index is 1130. The van der Waals surface area contributed by atoms with Gasteiger partial charge in [-0.05, 0) is 36.4 Å². The minimum absolute atomic E-state index is 0.0308. The van der Waals surface area contributed by atoms with Gasteiger partial charge in [0.25, 0.3) is 5.91 Å². The van der Waals surface area contributed by atoms with E-state index in [1.54, 1.807) is 0 Å². The summed E-state index contributed by atoms with van der Waals surface area (Å²) < 4.78 is 44.0. The summed E-state index contributed by atoms with van der Waals surface area (Å²) in [5, 5.41) is 11.5. The number of aromatic carboxylic acids is 1. The molecule has 1 amide bonds. The van der Waals surface area contributed by atoms with E-state index in [1.807, 2.05) is 0 Å². The Hall–Kier alpha value is -3.53. The zero-order valence-electron chi connectivity index (χ0n) is 15.2. The standard InChI is InChI=1S/C19H13ClF3N3O4/c1-26-14(9-2-5-15(13(21)6-9)30-19(22)23)8-24-16(26)17(27)25-10-3-4-11(18(28)29)12(20)7-10/h2-8,19H,1H3,(H,25,27)(H,28,29). The van der Waals surface area contributed by atoms with E-state index in [2.05, 4.69) is 15.0 Å². The van der Waals surface area contributed by atoms with E-state index in [-0.39, 0.29) is 27.7 Å². The summed E-state index contributed by atoms with van der Waals surface area (Å²) in [6, 6.07) is 7.29. The molecule has 0 aliphatic heterocycles. The first-order valence-corrected chi connectivity index (χ1v) is 8.66. The van der Waals surface area contributed by atoms with Crippen LogP contribution in [0.1, 0.15) is 21.0 Å². The number of amides is 1. The van der Waals surface area contributed by atoms with E-state index in [4.69, 9.17) is 16.7 Å². The van der Waals surface area contributed by atoms with Gasteiger partial charge in [0, 0.05) is 18.3 Å². The molecule has 11 heteroatoms. The number of anilines is 1. The van der Waals surface area contributed by atoms with Crippen LogP contribution < -0.4 is 10.1 Å². The van der Waals surface area contributed by atoms with Crippen molar-refractivity contribution in [1.82, 2.24) is 9.55 Å². The van der Waals surface area contributed by atoms with E-state index in [1.165, 1.54) is 42.1 Å². The van der Waals surface area contributed by atoms with Gasteiger partial charge in [0.1, 0.15) is 0 Å². The van der Waals surface area contributed by atoms with E-state index in [0.717, 1.165) is 12.1 Å². The molecular weight excluding hydrogens is 427 g/mol. The third-order valence-electron chi connectivity index (χ3n) is 4.09. The van der Waals surface area contributed by atoms with E-state index >= 15 is 0 Å². The summed E-state index contributed by atoms with van der Waals surface area (Å²) in [7, 11) is 1.51. The van der Waals surface area contributed by atoms with Crippen LogP contribution in [0.2, 0.25) is 5.02 Å². The number of imidazole rings is 1. The maximum absolute atomic E-state index is 14.0. The van der Waals surface area contributed by atoms with Crippen LogP contribution in [0.25, 0.3) is 11.3 Å². The molecule has 156 valence electrons. The van der Waals surface area contributed by atoms with Gasteiger partial charge >= 0.3 is 12.6 Å². The first-order chi connectivity index (χ1) is 14.2. The molecule has 0 fully saturated rings. The third kappa shape index (κ3) is 4.38. The van der Waals surface area contributed by atoms with Crippen LogP contribution in [0.5, 0.6) is 5.75 Å². The summed E-state index contributed by atoms with van der Waals surface area (Å²) >= 11 is 5.88. The summed E-state index contributed by atoms with van der Waals surface area (Å²) in [5.74, 6) is -3.45. The highest BCUT2D eigenvalue weighted by Gasteiger charge is 2.18. The van der Waals surface area contributed by atoms with Gasteiger partial charge in [-0.2, -0.15) is 8.78 Å². The summed E-state index contributed by atoms with van der Waals surface area (Å²) in [6.07, 6.45) is 1.32. The third-order valence-corrected chi connectivity index (χ3v) is 4.41. The summed E-state index contributed by atoms with van der Waals surface area (Å²) in [6.45, 7) is -3.16. The lowest BCUT2D eigenvalue weighted by atomic mass is 10.1. The second kappa shape index (κ2) is 8.46. The van der Waals surface area contributed by atoms with Crippen LogP contribution in [0.15, 0.2) is 42.6 Å². The van der Waals surface area contributed by atoms with Gasteiger partial charge in [0.05, 0.1) is 22.5 Å². The number of nitrogens with one attached hydrogen (secondary N) is 1. The van der Waals surface area contributed by atoms with E-state index in [0.29, 0.717) is 5.69 Å². The lowest BCUT2D eigenvalue weighted by molar-refractivity contribution is -0.0521. The molecule has 2 aromatic carbocycles. The van der Waals surface area contributed by atoms with E-state index < -0.39 is 30.1 Å². The fraction of sp³-hybridized carbons (Fsp3) is 0.105. The van der Waals surface area contributed by atoms with Crippen LogP contribution in [-0.4, -0.2) is 33.1 Å². The molecule has 0 saturated carbocycles. The van der Waals surface area contributed by atoms with Crippen molar-refractivity contribution < 1.29 is 32.6 Å². The number of benzene rings is 2. The largest absolute Gasteiger partial charge is 0.478 e. The molecule has 1 heterocycles. The van der Waals surface area contributed by atoms with Gasteiger partial charge in [0.2, 0.25) is 0 Å². The van der Waals surface area contributed by atoms with Crippen LogP contribution >= 0.6 is 11.6 Å². The molecule has 3 rings (SSSR count). The van der Waals surface area contributed by atoms with Crippen molar-refractivity contribution in [3.05, 3.63) is 64.8 Å². The fourth-order valence-electron chi connectivity index (χ4n) is 2.69. The minimum atomic E-state index is -3.16. The SMILES string of the molecule is Cn1c(-c2ccc(OC(F)F)c(F)c2)cnc1C(=O)Nc1ccc(C(=O)O)c(Cl)c1. The number of rotatable bonds is 6. The highest BCUT2D eigenvalue weighted by Crippen LogP contribution is 2.27. The molecule has 0 bridgehead atoms. The van der Waals surface area contributed by atoms with Gasteiger partial charge < -0.3 is 19.7 Å². The number of carboxylic acid groups (broad SMARTS) is 1. The predicted molar refractivity (Wildman–Crippen MR) is 102 cm³/mol. The number of aromatic nitrogens is 2. The zero-order chi connectivity index (χ0) is 22.0. The Morgan fingerprint density at radius 3 is 2.57 bits per heavy atom. The summed E-state index contributed by atoms with van der Waals surface area (Å²) in [5.41, 5.74) is 0.772. The Balaban J connectivity index is 1.83. The molecule has 2 N–H and O–H groups in total. The van der Waals surface area contributed by atoms with Gasteiger partial charge in [0.15, 0.2) is 17.4 Å². The van der Waals surface area contributed by atoms with Crippen molar-refractivity contribution in [2.75, 3.05) is 5.32 Å². The van der Waals surface area contributed by atoms with Crippen LogP contribution in [0.4, 0.5) is 18.9 Å². The molecule has 0 aliphatic rings. The fourth-order valence-corrected chi connectivity index (χ4v) is 2.96. The van der Waals surface area contributed by atoms with Gasteiger partial charge in [-0.15, -0.1) is 0 Å². The first-order valence-electron chi connectivity index (χ1n) is 8.28. The van der Waals surface area contributed by atoms with Crippen molar-refractivity contribution in [1.29, 1.82) is 0 Å². The maximum Gasteiger partial charge on any atom is 0.387 e. The van der Waals surface area contributed by atoms with Crippen LogP contribution in [0, 0.1) is 5.82 Å². The van der Waals surface area contributed by atoms with E-state index in [9.17, 15) is 22.8 Å². The minimum Gasteiger partial charge on any atom is -0.478 e. The number of carbonyl (C=O) groups excluding carboxylic acids is 1. The number of carboxylic acids is 1. The smallest absolute Gasteiger partial charge is 0.387 e. The van der Waals surface area contributed by atoms with Crippen LogP contribution in [0.3, 0.4) is 0 Å². The molecule has 0 radical (unpaired) electrons. The molecule has 0 atom stereocenters. The molecule has 30 heavy (non-hydrogen) atoms. The van der Waals surface area contributed by atoms with Crippen molar-refractivity contribution in [3.63, 3.8) is 0 Å². The molecule has 0 aliphatic carbocycles. The molecule has 7 nitrogen and oxygen atoms in total. The number of hydrogen-bond donors (Lipinski definition) is 2. The monoisotopic (exact) mass is 439 g/mol. The number of nitrogens with zero attached hydrogens (tertiary/aromatic N) is 2. The van der Waals surface area contributed by atoms with Crippen molar-refractivity contribution >= 4 is 29.2 Å². The van der Waals surface area contributed by atoms with Crippen LogP contribution in [-0.2, 0) is 7.05 Å². The molecule has 3 aromatic rings. The Morgan fingerprint density at radius 1 is 1.23 bits per heavy atom. The number of ether oxygens (including phenoxy) is 1. The topological polar surface area (TPSA) is 93.5 Å². The second-order valence-corrected chi connectivity index (χ2v) is 6.41. The molecule has 0 saturated heterocycles. The van der Waals surface area contributed by atoms with Crippen molar-refractivity contribution in [2.45, 2.75) is 6.61 Å². The normalized spacial score (nSPS) is 10.9. The summed E-state index contributed by atoms with van der Waals surface area (Å²) in [4.78, 5) is 27.5. The Kier molecular flexibility index (Phi) is 5.97. The zero-order valence-corrected chi connectivity index (χ0v) is 16.0. The lowest BCUT2D eigenvalue weighted by Gasteiger charge is -2.10. The van der Waals surface area contributed by atoms with Gasteiger partial charge in [-0.25, -0.2) is 14.2 Å². The molecule has 1 aromatic heterocycles. The Morgan fingerprint density at radius 2 is 1.97 bits per heavy atom. The average molecular weight is 440 g/mol. The van der Waals surface area contributed by atoms with Crippen molar-refractivity contribution in [2.24, 2.45) is 7.05 Å². The number of alkyl halides is 2. The molecular formula is C19H13ClF3N3O4. The average Bonchev–Trinajstić information content (AvgIpc) is 3.04. The van der Waals surface area contributed by atoms with Crippen molar-refractivity contribution in [3.8, 4) is 17.0 Å². The highest BCUT2D eigenvalue weighted by molar-refractivity contribution is 6.33. The molecule has 0 unspecified atom stereocenters. The van der Waals surface area contributed by atoms with Gasteiger partial charge in [-0.3, -0.25) is 4.79 Å². The first kappa shape index (κ1) is 21.2. The number of carbonyl (C=O) groups is 2. The molecule has 0 spiro atoms. The second-order valence-electron chi connectivity index (χ2n) is 6.00. The quantitative estimate of drug-likeness (QED) is 0.592. The number of halogens is 4. The van der Waals surface area contributed by atoms with Gasteiger partial charge in [-0.1, -0.05) is 11.6 Å². The highest BCUT2D eigenvalue weighted by atomic mass is 35.5. The lowest BCUT2D eigenvalue weighted by Crippen LogP contribution is -2.17. The maximum atomic E-state index is 14.0. The predicted octanol–water partition coefficient (Wildman–Crippen LogP) is 4.43.